The summed E-state index contributed by atoms with van der Waals surface area (Å²) in [6, 6.07) is 3.96. The molecule has 3 amide bonds. The molecule has 1 spiro atoms. The number of amides is 3. The number of carbonyl (C=O) groups is 2. The lowest BCUT2D eigenvalue weighted by Gasteiger charge is -2.43. The van der Waals surface area contributed by atoms with Gasteiger partial charge in [0.1, 0.15) is 11.4 Å². The van der Waals surface area contributed by atoms with Crippen LogP contribution in [0.25, 0.3) is 0 Å². The zero-order valence-corrected chi connectivity index (χ0v) is 17.4. The summed E-state index contributed by atoms with van der Waals surface area (Å²) in [5.74, 6) is 1.12. The van der Waals surface area contributed by atoms with Crippen molar-refractivity contribution >= 4 is 17.8 Å². The van der Waals surface area contributed by atoms with E-state index in [1.807, 2.05) is 6.20 Å². The minimum absolute atomic E-state index is 0.142. The Morgan fingerprint density at radius 1 is 1.14 bits per heavy atom. The van der Waals surface area contributed by atoms with E-state index in [1.165, 1.54) is 5.56 Å². The van der Waals surface area contributed by atoms with Crippen molar-refractivity contribution < 1.29 is 14.3 Å². The number of nitrogens with one attached hydrogen (secondary N) is 1. The molecule has 3 aliphatic heterocycles. The number of nitrogens with zero attached hydrogens (tertiary/aromatic N) is 4. The highest BCUT2D eigenvalue weighted by molar-refractivity contribution is 6.07. The number of morpholine rings is 1. The first-order chi connectivity index (χ1) is 14.0. The van der Waals surface area contributed by atoms with Crippen LogP contribution >= 0.6 is 0 Å². The highest BCUT2D eigenvalue weighted by Crippen LogP contribution is 2.35. The zero-order valence-electron chi connectivity index (χ0n) is 17.4. The third-order valence-corrected chi connectivity index (χ3v) is 6.19. The van der Waals surface area contributed by atoms with Crippen LogP contribution in [0.4, 0.5) is 10.6 Å². The number of ether oxygens (including phenoxy) is 1. The number of piperidine rings is 1. The van der Waals surface area contributed by atoms with Gasteiger partial charge in [0.05, 0.1) is 13.2 Å². The van der Waals surface area contributed by atoms with Crippen molar-refractivity contribution in [2.45, 2.75) is 38.8 Å². The molecule has 1 N–H and O–H groups in total. The molecule has 3 aliphatic rings. The average molecular weight is 402 g/mol. The maximum atomic E-state index is 12.6. The zero-order chi connectivity index (χ0) is 20.4. The van der Waals surface area contributed by atoms with Crippen LogP contribution in [0.5, 0.6) is 0 Å². The SMILES string of the molecule is CC(C)CN1C(=O)NC(=O)C12CCN(c1ccc(CN3CCOCC3)cn1)CC2. The molecule has 3 saturated heterocycles. The molecule has 4 rings (SSSR count). The van der Waals surface area contributed by atoms with E-state index < -0.39 is 5.54 Å². The summed E-state index contributed by atoms with van der Waals surface area (Å²) in [6.07, 6.45) is 3.22. The molecule has 0 bridgehead atoms. The number of imide groups is 1. The molecule has 0 unspecified atom stereocenters. The first-order valence-electron chi connectivity index (χ1n) is 10.6. The fourth-order valence-electron chi connectivity index (χ4n) is 4.54. The first-order valence-corrected chi connectivity index (χ1v) is 10.6. The molecule has 0 atom stereocenters. The van der Waals surface area contributed by atoms with Gasteiger partial charge in [-0.2, -0.15) is 0 Å². The molecule has 0 radical (unpaired) electrons. The van der Waals surface area contributed by atoms with Crippen molar-refractivity contribution in [2.75, 3.05) is 50.8 Å². The Kier molecular flexibility index (Phi) is 5.74. The van der Waals surface area contributed by atoms with Gasteiger partial charge in [0, 0.05) is 45.5 Å². The summed E-state index contributed by atoms with van der Waals surface area (Å²) in [7, 11) is 0. The lowest BCUT2D eigenvalue weighted by molar-refractivity contribution is -0.127. The Morgan fingerprint density at radius 3 is 2.48 bits per heavy atom. The molecule has 8 heteroatoms. The number of rotatable bonds is 5. The number of pyridine rings is 1. The van der Waals surface area contributed by atoms with Crippen molar-refractivity contribution in [3.8, 4) is 0 Å². The number of anilines is 1. The van der Waals surface area contributed by atoms with E-state index in [0.29, 0.717) is 38.4 Å². The molecular weight excluding hydrogens is 370 g/mol. The molecule has 158 valence electrons. The smallest absolute Gasteiger partial charge is 0.325 e. The molecule has 0 aromatic carbocycles. The van der Waals surface area contributed by atoms with Gasteiger partial charge in [-0.05, 0) is 30.4 Å². The second-order valence-corrected chi connectivity index (χ2v) is 8.70. The number of urea groups is 1. The van der Waals surface area contributed by atoms with Crippen LogP contribution < -0.4 is 10.2 Å². The van der Waals surface area contributed by atoms with Crippen LogP contribution in [0, 0.1) is 5.92 Å². The summed E-state index contributed by atoms with van der Waals surface area (Å²) < 4.78 is 5.40. The van der Waals surface area contributed by atoms with Gasteiger partial charge in [0.15, 0.2) is 0 Å². The molecule has 8 nitrogen and oxygen atoms in total. The van der Waals surface area contributed by atoms with Gasteiger partial charge < -0.3 is 14.5 Å². The van der Waals surface area contributed by atoms with Gasteiger partial charge in [-0.15, -0.1) is 0 Å². The van der Waals surface area contributed by atoms with E-state index >= 15 is 0 Å². The normalized spacial score (nSPS) is 22.6. The lowest BCUT2D eigenvalue weighted by Crippen LogP contribution is -2.57. The summed E-state index contributed by atoms with van der Waals surface area (Å²) in [5.41, 5.74) is 0.502. The van der Waals surface area contributed by atoms with Crippen LogP contribution in [-0.4, -0.2) is 78.2 Å². The molecule has 1 aromatic rings. The van der Waals surface area contributed by atoms with Gasteiger partial charge in [-0.3, -0.25) is 15.0 Å². The van der Waals surface area contributed by atoms with Crippen molar-refractivity contribution in [1.82, 2.24) is 20.1 Å². The summed E-state index contributed by atoms with van der Waals surface area (Å²) >= 11 is 0. The van der Waals surface area contributed by atoms with E-state index in [4.69, 9.17) is 4.74 Å². The van der Waals surface area contributed by atoms with E-state index in [9.17, 15) is 9.59 Å². The Hall–Kier alpha value is -2.19. The Labute approximate surface area is 172 Å². The fourth-order valence-corrected chi connectivity index (χ4v) is 4.54. The largest absolute Gasteiger partial charge is 0.379 e. The first kappa shape index (κ1) is 20.1. The number of hydrogen-bond acceptors (Lipinski definition) is 6. The Morgan fingerprint density at radius 2 is 1.86 bits per heavy atom. The second kappa shape index (κ2) is 8.28. The highest BCUT2D eigenvalue weighted by Gasteiger charge is 2.54. The van der Waals surface area contributed by atoms with E-state index in [-0.39, 0.29) is 11.9 Å². The number of hydrogen-bond donors (Lipinski definition) is 1. The average Bonchev–Trinajstić information content (AvgIpc) is 2.94. The van der Waals surface area contributed by atoms with Gasteiger partial charge in [0.25, 0.3) is 5.91 Å². The number of carbonyl (C=O) groups excluding carboxylic acids is 2. The highest BCUT2D eigenvalue weighted by atomic mass is 16.5. The van der Waals surface area contributed by atoms with Gasteiger partial charge in [-0.1, -0.05) is 19.9 Å². The van der Waals surface area contributed by atoms with E-state index in [1.54, 1.807) is 4.90 Å². The van der Waals surface area contributed by atoms with E-state index in [2.05, 4.69) is 46.1 Å². The molecule has 3 fully saturated rings. The fraction of sp³-hybridized carbons (Fsp3) is 0.667. The van der Waals surface area contributed by atoms with Crippen molar-refractivity contribution in [3.05, 3.63) is 23.9 Å². The minimum atomic E-state index is -0.700. The maximum absolute atomic E-state index is 12.6. The maximum Gasteiger partial charge on any atom is 0.325 e. The molecule has 0 aliphatic carbocycles. The van der Waals surface area contributed by atoms with Crippen molar-refractivity contribution in [2.24, 2.45) is 5.92 Å². The van der Waals surface area contributed by atoms with Gasteiger partial charge in [0.2, 0.25) is 0 Å². The molecular formula is C21H31N5O3. The minimum Gasteiger partial charge on any atom is -0.379 e. The van der Waals surface area contributed by atoms with Gasteiger partial charge in [-0.25, -0.2) is 9.78 Å². The monoisotopic (exact) mass is 401 g/mol. The molecule has 4 heterocycles. The Balaban J connectivity index is 1.38. The summed E-state index contributed by atoms with van der Waals surface area (Å²) in [6.45, 7) is 10.6. The standard InChI is InChI=1S/C21H31N5O3/c1-16(2)14-26-20(28)23-19(27)21(26)5-7-25(8-6-21)18-4-3-17(13-22-18)15-24-9-11-29-12-10-24/h3-4,13,16H,5-12,14-15H2,1-2H3,(H,23,27,28). The van der Waals surface area contributed by atoms with Crippen LogP contribution in [0.15, 0.2) is 18.3 Å². The van der Waals surface area contributed by atoms with Crippen LogP contribution in [0.2, 0.25) is 0 Å². The van der Waals surface area contributed by atoms with Crippen molar-refractivity contribution in [1.29, 1.82) is 0 Å². The summed E-state index contributed by atoms with van der Waals surface area (Å²) in [5, 5.41) is 2.53. The predicted molar refractivity (Wildman–Crippen MR) is 110 cm³/mol. The summed E-state index contributed by atoms with van der Waals surface area (Å²) in [4.78, 5) is 35.9. The van der Waals surface area contributed by atoms with Crippen LogP contribution in [-0.2, 0) is 16.1 Å². The van der Waals surface area contributed by atoms with Gasteiger partial charge >= 0.3 is 6.03 Å². The van der Waals surface area contributed by atoms with Crippen molar-refractivity contribution in [3.63, 3.8) is 0 Å². The molecule has 29 heavy (non-hydrogen) atoms. The van der Waals surface area contributed by atoms with Crippen LogP contribution in [0.1, 0.15) is 32.3 Å². The number of aromatic nitrogens is 1. The molecule has 0 saturated carbocycles. The second-order valence-electron chi connectivity index (χ2n) is 8.70. The quantitative estimate of drug-likeness (QED) is 0.753. The lowest BCUT2D eigenvalue weighted by atomic mass is 9.85. The predicted octanol–water partition coefficient (Wildman–Crippen LogP) is 1.46. The Bertz CT molecular complexity index is 737. The third-order valence-electron chi connectivity index (χ3n) is 6.19. The van der Waals surface area contributed by atoms with Crippen LogP contribution in [0.3, 0.4) is 0 Å². The topological polar surface area (TPSA) is 78.0 Å². The van der Waals surface area contributed by atoms with E-state index in [0.717, 1.165) is 38.7 Å². The third kappa shape index (κ3) is 4.09. The molecule has 1 aromatic heterocycles.